The fraction of sp³-hybridized carbons (Fsp3) is 0.474. The van der Waals surface area contributed by atoms with E-state index in [-0.39, 0.29) is 5.69 Å². The van der Waals surface area contributed by atoms with Gasteiger partial charge in [-0.15, -0.1) is 0 Å². The van der Waals surface area contributed by atoms with Gasteiger partial charge in [0.15, 0.2) is 0 Å². The number of nitrogen functional groups attached to an aromatic ring is 1. The van der Waals surface area contributed by atoms with Crippen molar-refractivity contribution in [2.45, 2.75) is 38.6 Å². The second kappa shape index (κ2) is 8.31. The molecule has 3 rings (SSSR count). The molecule has 0 amide bonds. The molecule has 1 saturated heterocycles. The lowest BCUT2D eigenvalue weighted by Crippen LogP contribution is -2.30. The highest BCUT2D eigenvalue weighted by molar-refractivity contribution is 5.61. The van der Waals surface area contributed by atoms with Gasteiger partial charge in [0.2, 0.25) is 5.95 Å². The molecule has 0 unspecified atom stereocenters. The first-order valence-corrected chi connectivity index (χ1v) is 9.21. The summed E-state index contributed by atoms with van der Waals surface area (Å²) in [5.41, 5.74) is 7.46. The van der Waals surface area contributed by atoms with Crippen molar-refractivity contribution in [1.82, 2.24) is 15.3 Å². The molecule has 1 atom stereocenters. The van der Waals surface area contributed by atoms with Gasteiger partial charge < -0.3 is 21.3 Å². The summed E-state index contributed by atoms with van der Waals surface area (Å²) in [6.45, 7) is 4.07. The van der Waals surface area contributed by atoms with Crippen molar-refractivity contribution in [2.24, 2.45) is 0 Å². The Morgan fingerprint density at radius 1 is 1.31 bits per heavy atom. The molecule has 1 fully saturated rings. The zero-order valence-corrected chi connectivity index (χ0v) is 15.4. The van der Waals surface area contributed by atoms with E-state index in [1.54, 1.807) is 12.1 Å². The van der Waals surface area contributed by atoms with Gasteiger partial charge in [-0.25, -0.2) is 9.37 Å². The molecule has 26 heavy (non-hydrogen) atoms. The number of nitrogens with two attached hydrogens (primary N) is 1. The predicted octanol–water partition coefficient (Wildman–Crippen LogP) is 3.08. The van der Waals surface area contributed by atoms with E-state index in [0.29, 0.717) is 17.7 Å². The first-order chi connectivity index (χ1) is 12.6. The monoisotopic (exact) mass is 358 g/mol. The first kappa shape index (κ1) is 18.4. The van der Waals surface area contributed by atoms with E-state index >= 15 is 0 Å². The quantitative estimate of drug-likeness (QED) is 0.660. The van der Waals surface area contributed by atoms with Crippen LogP contribution < -0.4 is 21.3 Å². The Kier molecular flexibility index (Phi) is 5.88. The highest BCUT2D eigenvalue weighted by Crippen LogP contribution is 2.24. The van der Waals surface area contributed by atoms with Crippen LogP contribution in [0.15, 0.2) is 24.3 Å². The smallest absolute Gasteiger partial charge is 0.229 e. The van der Waals surface area contributed by atoms with Gasteiger partial charge in [0.25, 0.3) is 0 Å². The molecule has 0 saturated carbocycles. The minimum atomic E-state index is -0.427. The number of rotatable bonds is 7. The van der Waals surface area contributed by atoms with Gasteiger partial charge in [0.05, 0.1) is 5.69 Å². The van der Waals surface area contributed by atoms with E-state index in [9.17, 15) is 4.39 Å². The summed E-state index contributed by atoms with van der Waals surface area (Å²) in [4.78, 5) is 11.6. The van der Waals surface area contributed by atoms with E-state index in [1.807, 2.05) is 7.05 Å². The maximum absolute atomic E-state index is 13.4. The largest absolute Gasteiger partial charge is 0.396 e. The Hall–Kier alpha value is -2.41. The van der Waals surface area contributed by atoms with E-state index in [4.69, 9.17) is 5.73 Å². The number of aromatic nitrogens is 2. The lowest BCUT2D eigenvalue weighted by atomic mass is 10.2. The number of nitrogens with one attached hydrogen (secondary N) is 2. The van der Waals surface area contributed by atoms with Crippen molar-refractivity contribution in [3.8, 4) is 0 Å². The molecule has 1 aliphatic rings. The fourth-order valence-corrected chi connectivity index (χ4v) is 3.14. The zero-order valence-electron chi connectivity index (χ0n) is 15.4. The molecule has 1 aliphatic heterocycles. The standard InChI is InChI=1S/C19H27FN6/c1-3-4-5-13-11-18(26-9-8-15(12-26)22-2)25-19(23-13)24-14-6-7-16(20)17(21)10-14/h6-7,10-11,15,22H,3-5,8-9,12,21H2,1-2H3,(H,23,24,25)/t15-/m0/s1. The highest BCUT2D eigenvalue weighted by atomic mass is 19.1. The minimum Gasteiger partial charge on any atom is -0.396 e. The van der Waals surface area contributed by atoms with Crippen molar-refractivity contribution in [3.63, 3.8) is 0 Å². The molecule has 0 bridgehead atoms. The Morgan fingerprint density at radius 2 is 2.15 bits per heavy atom. The number of unbranched alkanes of at least 4 members (excludes halogenated alkanes) is 1. The van der Waals surface area contributed by atoms with Crippen LogP contribution in [0.3, 0.4) is 0 Å². The molecular formula is C19H27FN6. The highest BCUT2D eigenvalue weighted by Gasteiger charge is 2.23. The summed E-state index contributed by atoms with van der Waals surface area (Å²) in [5, 5.41) is 6.50. The lowest BCUT2D eigenvalue weighted by molar-refractivity contribution is 0.616. The van der Waals surface area contributed by atoms with E-state index < -0.39 is 5.82 Å². The van der Waals surface area contributed by atoms with Crippen molar-refractivity contribution < 1.29 is 4.39 Å². The second-order valence-electron chi connectivity index (χ2n) is 6.73. The third-order valence-corrected chi connectivity index (χ3v) is 4.72. The van der Waals surface area contributed by atoms with Crippen LogP contribution >= 0.6 is 0 Å². The summed E-state index contributed by atoms with van der Waals surface area (Å²) in [6, 6.07) is 7.11. The number of nitrogens with zero attached hydrogens (tertiary/aromatic N) is 3. The van der Waals surface area contributed by atoms with Crippen LogP contribution in [-0.2, 0) is 6.42 Å². The molecule has 1 aromatic heterocycles. The average Bonchev–Trinajstić information content (AvgIpc) is 3.12. The summed E-state index contributed by atoms with van der Waals surface area (Å²) in [7, 11) is 1.99. The second-order valence-corrected chi connectivity index (χ2v) is 6.73. The van der Waals surface area contributed by atoms with E-state index in [1.165, 1.54) is 6.07 Å². The molecule has 7 heteroatoms. The summed E-state index contributed by atoms with van der Waals surface area (Å²) >= 11 is 0. The number of hydrogen-bond acceptors (Lipinski definition) is 6. The Morgan fingerprint density at radius 3 is 2.85 bits per heavy atom. The van der Waals surface area contributed by atoms with Crippen molar-refractivity contribution >= 4 is 23.1 Å². The molecule has 2 heterocycles. The van der Waals surface area contributed by atoms with Crippen molar-refractivity contribution in [2.75, 3.05) is 36.1 Å². The summed E-state index contributed by atoms with van der Waals surface area (Å²) in [5.74, 6) is 1.03. The number of hydrogen-bond donors (Lipinski definition) is 3. The van der Waals surface area contributed by atoms with Crippen LogP contribution in [0.5, 0.6) is 0 Å². The molecule has 0 spiro atoms. The topological polar surface area (TPSA) is 79.1 Å². The van der Waals surface area contributed by atoms with Crippen LogP contribution in [-0.4, -0.2) is 36.1 Å². The molecule has 2 aromatic rings. The van der Waals surface area contributed by atoms with Gasteiger partial charge >= 0.3 is 0 Å². The van der Waals surface area contributed by atoms with Crippen LogP contribution in [0.1, 0.15) is 31.9 Å². The third-order valence-electron chi connectivity index (χ3n) is 4.72. The number of benzene rings is 1. The van der Waals surface area contributed by atoms with Gasteiger partial charge in [-0.2, -0.15) is 4.98 Å². The minimum absolute atomic E-state index is 0.105. The molecule has 1 aromatic carbocycles. The van der Waals surface area contributed by atoms with Crippen LogP contribution in [0.4, 0.5) is 27.5 Å². The molecular weight excluding hydrogens is 331 g/mol. The van der Waals surface area contributed by atoms with Crippen LogP contribution in [0, 0.1) is 5.82 Å². The maximum Gasteiger partial charge on any atom is 0.229 e. The first-order valence-electron chi connectivity index (χ1n) is 9.21. The average molecular weight is 358 g/mol. The SMILES string of the molecule is CCCCc1cc(N2CC[C@H](NC)C2)nc(Nc2ccc(F)c(N)c2)n1. The van der Waals surface area contributed by atoms with Gasteiger partial charge in [0.1, 0.15) is 11.6 Å². The van der Waals surface area contributed by atoms with Gasteiger partial charge in [0, 0.05) is 36.6 Å². The van der Waals surface area contributed by atoms with E-state index in [0.717, 1.165) is 50.3 Å². The van der Waals surface area contributed by atoms with Gasteiger partial charge in [-0.1, -0.05) is 13.3 Å². The molecule has 4 N–H and O–H groups in total. The van der Waals surface area contributed by atoms with Crippen molar-refractivity contribution in [3.05, 3.63) is 35.8 Å². The molecule has 140 valence electrons. The molecule has 0 radical (unpaired) electrons. The molecule has 0 aliphatic carbocycles. The molecule has 6 nitrogen and oxygen atoms in total. The van der Waals surface area contributed by atoms with Crippen LogP contribution in [0.2, 0.25) is 0 Å². The number of anilines is 4. The predicted molar refractivity (Wildman–Crippen MR) is 104 cm³/mol. The number of likely N-dealkylation sites (N-methyl/N-ethyl adjacent to an activating group) is 1. The summed E-state index contributed by atoms with van der Waals surface area (Å²) < 4.78 is 13.4. The fourth-order valence-electron chi connectivity index (χ4n) is 3.14. The van der Waals surface area contributed by atoms with Crippen LogP contribution in [0.25, 0.3) is 0 Å². The normalized spacial score (nSPS) is 16.9. The van der Waals surface area contributed by atoms with E-state index in [2.05, 4.69) is 38.5 Å². The number of halogens is 1. The van der Waals surface area contributed by atoms with Crippen molar-refractivity contribution in [1.29, 1.82) is 0 Å². The maximum atomic E-state index is 13.4. The third kappa shape index (κ3) is 4.40. The number of aryl methyl sites for hydroxylation is 1. The zero-order chi connectivity index (χ0) is 18.5. The lowest BCUT2D eigenvalue weighted by Gasteiger charge is -2.19. The van der Waals surface area contributed by atoms with Gasteiger partial charge in [-0.3, -0.25) is 0 Å². The Bertz CT molecular complexity index is 751. The Labute approximate surface area is 154 Å². The van der Waals surface area contributed by atoms with Gasteiger partial charge in [-0.05, 0) is 44.5 Å². The Balaban J connectivity index is 1.85. The summed E-state index contributed by atoms with van der Waals surface area (Å²) in [6.07, 6.45) is 4.21.